The van der Waals surface area contributed by atoms with Gasteiger partial charge in [0.15, 0.2) is 0 Å². The molecular weight excluding hydrogens is 255 g/mol. The summed E-state index contributed by atoms with van der Waals surface area (Å²) < 4.78 is 13.5. The third-order valence-corrected chi connectivity index (χ3v) is 3.39. The summed E-state index contributed by atoms with van der Waals surface area (Å²) in [6.45, 7) is 6.11. The Labute approximate surface area is 111 Å². The highest BCUT2D eigenvalue weighted by atomic mass is 35.5. The molecule has 0 saturated heterocycles. The number of halogens is 2. The van der Waals surface area contributed by atoms with Gasteiger partial charge in [0.05, 0.1) is 16.4 Å². The number of carbonyl (C=O) groups is 1. The highest BCUT2D eigenvalue weighted by molar-refractivity contribution is 6.31. The Kier molecular flexibility index (Phi) is 3.23. The van der Waals surface area contributed by atoms with E-state index >= 15 is 0 Å². The van der Waals surface area contributed by atoms with Gasteiger partial charge in [0.1, 0.15) is 5.82 Å². The maximum atomic E-state index is 13.5. The van der Waals surface area contributed by atoms with Crippen LogP contribution in [0.1, 0.15) is 27.2 Å². The molecule has 18 heavy (non-hydrogen) atoms. The van der Waals surface area contributed by atoms with E-state index in [-0.39, 0.29) is 22.4 Å². The molecule has 0 aromatic heterocycles. The first-order chi connectivity index (χ1) is 8.27. The third kappa shape index (κ3) is 2.58. The van der Waals surface area contributed by atoms with Crippen molar-refractivity contribution < 1.29 is 9.18 Å². The van der Waals surface area contributed by atoms with Crippen LogP contribution in [0.5, 0.6) is 0 Å². The number of carbonyl (C=O) groups excluding carboxylic acids is 1. The molecule has 1 aliphatic heterocycles. The minimum absolute atomic E-state index is 0.00468. The number of benzene rings is 1. The van der Waals surface area contributed by atoms with Gasteiger partial charge in [-0.1, -0.05) is 32.4 Å². The Hall–Kier alpha value is -1.29. The van der Waals surface area contributed by atoms with Crippen LogP contribution in [0.25, 0.3) is 0 Å². The van der Waals surface area contributed by atoms with E-state index in [1.54, 1.807) is 0 Å². The number of hydrogen-bond donors (Lipinski definition) is 2. The van der Waals surface area contributed by atoms with E-state index in [2.05, 4.69) is 10.6 Å². The summed E-state index contributed by atoms with van der Waals surface area (Å²) in [5.74, 6) is -0.587. The van der Waals surface area contributed by atoms with Gasteiger partial charge in [-0.25, -0.2) is 4.39 Å². The second kappa shape index (κ2) is 4.43. The fourth-order valence-electron chi connectivity index (χ4n) is 1.92. The van der Waals surface area contributed by atoms with Gasteiger partial charge in [0.2, 0.25) is 5.91 Å². The molecule has 5 heteroatoms. The minimum Gasteiger partial charge on any atom is -0.379 e. The van der Waals surface area contributed by atoms with E-state index in [4.69, 9.17) is 11.6 Å². The summed E-state index contributed by atoms with van der Waals surface area (Å²) in [5.41, 5.74) is 0.996. The average molecular weight is 271 g/mol. The largest absolute Gasteiger partial charge is 0.379 e. The van der Waals surface area contributed by atoms with Crippen molar-refractivity contribution >= 4 is 28.9 Å². The van der Waals surface area contributed by atoms with Gasteiger partial charge in [-0.3, -0.25) is 4.79 Å². The summed E-state index contributed by atoms with van der Waals surface area (Å²) >= 11 is 5.72. The van der Waals surface area contributed by atoms with E-state index in [0.717, 1.165) is 0 Å². The Bertz CT molecular complexity index is 496. The van der Waals surface area contributed by atoms with Crippen LogP contribution in [0.2, 0.25) is 5.02 Å². The van der Waals surface area contributed by atoms with Gasteiger partial charge < -0.3 is 10.6 Å². The molecule has 3 nitrogen and oxygen atoms in total. The molecule has 1 aliphatic rings. The van der Waals surface area contributed by atoms with Gasteiger partial charge in [-0.2, -0.15) is 0 Å². The molecule has 1 unspecified atom stereocenters. The van der Waals surface area contributed by atoms with E-state index in [0.29, 0.717) is 17.8 Å². The Balaban J connectivity index is 2.43. The summed E-state index contributed by atoms with van der Waals surface area (Å²) in [5, 5.41) is 5.96. The Morgan fingerprint density at radius 3 is 2.61 bits per heavy atom. The van der Waals surface area contributed by atoms with Crippen LogP contribution in [0.15, 0.2) is 12.1 Å². The molecule has 2 rings (SSSR count). The van der Waals surface area contributed by atoms with Crippen LogP contribution < -0.4 is 10.6 Å². The van der Waals surface area contributed by atoms with Gasteiger partial charge in [0, 0.05) is 18.5 Å². The number of nitrogens with one attached hydrogen (secondary N) is 2. The van der Waals surface area contributed by atoms with E-state index in [1.807, 2.05) is 20.8 Å². The zero-order valence-electron chi connectivity index (χ0n) is 10.6. The van der Waals surface area contributed by atoms with Crippen LogP contribution in [0.4, 0.5) is 15.8 Å². The molecule has 1 heterocycles. The quantitative estimate of drug-likeness (QED) is 0.756. The van der Waals surface area contributed by atoms with Crippen molar-refractivity contribution in [3.63, 3.8) is 0 Å². The lowest BCUT2D eigenvalue weighted by atomic mass is 9.84. The van der Waals surface area contributed by atoms with Crippen LogP contribution in [-0.4, -0.2) is 11.9 Å². The average Bonchev–Trinajstić information content (AvgIpc) is 2.37. The standard InChI is InChI=1S/C13H16ClFN2O/c1-13(2,3)11-6-12(18)17-9-4-7(14)8(15)5-10(9)16-11/h4-5,11,16H,6H2,1-3H3,(H,17,18). The molecule has 0 radical (unpaired) electrons. The van der Waals surface area contributed by atoms with Crippen LogP contribution in [-0.2, 0) is 4.79 Å². The lowest BCUT2D eigenvalue weighted by Crippen LogP contribution is -2.35. The molecule has 0 fully saturated rings. The molecule has 98 valence electrons. The topological polar surface area (TPSA) is 41.1 Å². The Morgan fingerprint density at radius 1 is 1.33 bits per heavy atom. The van der Waals surface area contributed by atoms with Crippen molar-refractivity contribution in [3.05, 3.63) is 23.0 Å². The second-order valence-corrected chi connectivity index (χ2v) is 6.03. The zero-order chi connectivity index (χ0) is 13.5. The monoisotopic (exact) mass is 270 g/mol. The lowest BCUT2D eigenvalue weighted by molar-refractivity contribution is -0.116. The van der Waals surface area contributed by atoms with Gasteiger partial charge in [-0.05, 0) is 11.5 Å². The highest BCUT2D eigenvalue weighted by Crippen LogP contribution is 2.35. The maximum Gasteiger partial charge on any atom is 0.226 e. The van der Waals surface area contributed by atoms with Crippen molar-refractivity contribution in [1.82, 2.24) is 0 Å². The molecule has 1 amide bonds. The van der Waals surface area contributed by atoms with Crippen LogP contribution >= 0.6 is 11.6 Å². The molecule has 1 aromatic carbocycles. The SMILES string of the molecule is CC(C)(C)C1CC(=O)Nc2cc(Cl)c(F)cc2N1. The molecule has 0 saturated carbocycles. The maximum absolute atomic E-state index is 13.5. The molecule has 2 N–H and O–H groups in total. The van der Waals surface area contributed by atoms with E-state index in [9.17, 15) is 9.18 Å². The predicted octanol–water partition coefficient (Wildman–Crippen LogP) is 3.65. The first-order valence-electron chi connectivity index (χ1n) is 5.83. The molecule has 0 spiro atoms. The number of fused-ring (bicyclic) bond motifs is 1. The molecule has 1 aromatic rings. The summed E-state index contributed by atoms with van der Waals surface area (Å²) in [6, 6.07) is 2.70. The fraction of sp³-hybridized carbons (Fsp3) is 0.462. The summed E-state index contributed by atoms with van der Waals surface area (Å²) in [7, 11) is 0. The number of anilines is 2. The van der Waals surface area contributed by atoms with Crippen LogP contribution in [0.3, 0.4) is 0 Å². The number of amides is 1. The summed E-state index contributed by atoms with van der Waals surface area (Å²) in [6.07, 6.45) is 0.345. The molecule has 1 atom stereocenters. The van der Waals surface area contributed by atoms with E-state index in [1.165, 1.54) is 12.1 Å². The fourth-order valence-corrected chi connectivity index (χ4v) is 2.08. The van der Waals surface area contributed by atoms with Crippen molar-refractivity contribution in [2.24, 2.45) is 5.41 Å². The molecule has 0 aliphatic carbocycles. The predicted molar refractivity (Wildman–Crippen MR) is 71.5 cm³/mol. The normalized spacial score (nSPS) is 19.6. The van der Waals surface area contributed by atoms with Gasteiger partial charge in [-0.15, -0.1) is 0 Å². The number of rotatable bonds is 0. The van der Waals surface area contributed by atoms with Crippen LogP contribution in [0, 0.1) is 11.2 Å². The Morgan fingerprint density at radius 2 is 2.00 bits per heavy atom. The summed E-state index contributed by atoms with van der Waals surface area (Å²) in [4.78, 5) is 11.8. The number of hydrogen-bond acceptors (Lipinski definition) is 2. The first kappa shape index (κ1) is 13.1. The molecule has 0 bridgehead atoms. The van der Waals surface area contributed by atoms with Gasteiger partial charge >= 0.3 is 0 Å². The van der Waals surface area contributed by atoms with Crippen molar-refractivity contribution in [2.75, 3.05) is 10.6 Å². The first-order valence-corrected chi connectivity index (χ1v) is 6.20. The highest BCUT2D eigenvalue weighted by Gasteiger charge is 2.30. The molecular formula is C13H16ClFN2O. The van der Waals surface area contributed by atoms with Crippen molar-refractivity contribution in [2.45, 2.75) is 33.2 Å². The second-order valence-electron chi connectivity index (χ2n) is 5.63. The third-order valence-electron chi connectivity index (χ3n) is 3.10. The minimum atomic E-state index is -0.494. The van der Waals surface area contributed by atoms with Gasteiger partial charge in [0.25, 0.3) is 0 Å². The van der Waals surface area contributed by atoms with Crippen molar-refractivity contribution in [3.8, 4) is 0 Å². The zero-order valence-corrected chi connectivity index (χ0v) is 11.4. The lowest BCUT2D eigenvalue weighted by Gasteiger charge is -2.30. The van der Waals surface area contributed by atoms with Crippen molar-refractivity contribution in [1.29, 1.82) is 0 Å². The van der Waals surface area contributed by atoms with E-state index < -0.39 is 5.82 Å². The smallest absolute Gasteiger partial charge is 0.226 e.